The summed E-state index contributed by atoms with van der Waals surface area (Å²) in [6.45, 7) is 2.76. The molecule has 0 fully saturated rings. The zero-order chi connectivity index (χ0) is 24.1. The molecule has 2 heterocycles. The Morgan fingerprint density at radius 1 is 1.21 bits per heavy atom. The first kappa shape index (κ1) is 22.8. The number of anilines is 2. The van der Waals surface area contributed by atoms with Crippen molar-refractivity contribution in [2.24, 2.45) is 0 Å². The van der Waals surface area contributed by atoms with Gasteiger partial charge in [-0.2, -0.15) is 5.10 Å². The number of rotatable bonds is 8. The summed E-state index contributed by atoms with van der Waals surface area (Å²) >= 11 is 0. The zero-order valence-corrected chi connectivity index (χ0v) is 18.9. The largest absolute Gasteiger partial charge is 0.492 e. The summed E-state index contributed by atoms with van der Waals surface area (Å²) in [7, 11) is 1.68. The van der Waals surface area contributed by atoms with E-state index in [9.17, 15) is 14.4 Å². The Hall–Kier alpha value is -4.34. The standard InChI is InChI=1S/C24H25N5O5/c1-16-7-9-18(10-8-16)33-12-11-28(2)21(30)15-29-14-17(13-25-29)26-23(31)22-24(32)27-19-5-3-4-6-20(19)34-22/h3-10,13-14,22H,11-12,15H2,1-2H3,(H,26,31)(H,27,32). The van der Waals surface area contributed by atoms with Crippen molar-refractivity contribution in [2.75, 3.05) is 30.8 Å². The third-order valence-electron chi connectivity index (χ3n) is 5.21. The number of para-hydroxylation sites is 2. The van der Waals surface area contributed by atoms with Crippen molar-refractivity contribution in [3.63, 3.8) is 0 Å². The fourth-order valence-corrected chi connectivity index (χ4v) is 3.27. The molecule has 10 heteroatoms. The molecular formula is C24H25N5O5. The lowest BCUT2D eigenvalue weighted by atomic mass is 10.2. The third kappa shape index (κ3) is 5.52. The molecule has 1 atom stereocenters. The highest BCUT2D eigenvalue weighted by molar-refractivity contribution is 6.15. The molecule has 0 saturated carbocycles. The Labute approximate surface area is 196 Å². The number of amides is 3. The molecule has 176 valence electrons. The van der Waals surface area contributed by atoms with Gasteiger partial charge in [-0.3, -0.25) is 19.1 Å². The molecule has 2 aromatic carbocycles. The highest BCUT2D eigenvalue weighted by Gasteiger charge is 2.34. The molecule has 4 rings (SSSR count). The molecule has 3 aromatic rings. The summed E-state index contributed by atoms with van der Waals surface area (Å²) in [5, 5.41) is 9.35. The van der Waals surface area contributed by atoms with Gasteiger partial charge in [-0.25, -0.2) is 0 Å². The number of aromatic nitrogens is 2. The summed E-state index contributed by atoms with van der Waals surface area (Å²) in [5.41, 5.74) is 2.00. The maximum atomic E-state index is 12.6. The smallest absolute Gasteiger partial charge is 0.275 e. The van der Waals surface area contributed by atoms with E-state index in [4.69, 9.17) is 9.47 Å². The SMILES string of the molecule is Cc1ccc(OCCN(C)C(=O)Cn2cc(NC(=O)C3Oc4ccccc4NC3=O)cn2)cc1. The first-order valence-electron chi connectivity index (χ1n) is 10.7. The van der Waals surface area contributed by atoms with Crippen LogP contribution >= 0.6 is 0 Å². The van der Waals surface area contributed by atoms with E-state index in [1.165, 1.54) is 17.1 Å². The highest BCUT2D eigenvalue weighted by atomic mass is 16.5. The lowest BCUT2D eigenvalue weighted by Gasteiger charge is -2.24. The number of carbonyl (C=O) groups excluding carboxylic acids is 3. The lowest BCUT2D eigenvalue weighted by Crippen LogP contribution is -2.45. The van der Waals surface area contributed by atoms with E-state index in [0.717, 1.165) is 11.3 Å². The van der Waals surface area contributed by atoms with Gasteiger partial charge in [0.25, 0.3) is 17.9 Å². The molecule has 0 bridgehead atoms. The van der Waals surface area contributed by atoms with Crippen LogP contribution in [0.1, 0.15) is 5.56 Å². The lowest BCUT2D eigenvalue weighted by molar-refractivity contribution is -0.134. The highest BCUT2D eigenvalue weighted by Crippen LogP contribution is 2.29. The van der Waals surface area contributed by atoms with E-state index < -0.39 is 17.9 Å². The van der Waals surface area contributed by atoms with Gasteiger partial charge in [0.05, 0.1) is 24.1 Å². The van der Waals surface area contributed by atoms with Crippen molar-refractivity contribution in [1.82, 2.24) is 14.7 Å². The molecular weight excluding hydrogens is 438 g/mol. The Morgan fingerprint density at radius 2 is 1.97 bits per heavy atom. The van der Waals surface area contributed by atoms with Gasteiger partial charge in [0.1, 0.15) is 24.7 Å². The van der Waals surface area contributed by atoms with Crippen LogP contribution in [-0.2, 0) is 20.9 Å². The van der Waals surface area contributed by atoms with E-state index in [2.05, 4.69) is 15.7 Å². The van der Waals surface area contributed by atoms with E-state index in [1.807, 2.05) is 31.2 Å². The Morgan fingerprint density at radius 3 is 2.76 bits per heavy atom. The van der Waals surface area contributed by atoms with Crippen molar-refractivity contribution >= 4 is 29.1 Å². The van der Waals surface area contributed by atoms with Crippen molar-refractivity contribution in [3.8, 4) is 11.5 Å². The van der Waals surface area contributed by atoms with Crippen molar-refractivity contribution < 1.29 is 23.9 Å². The number of nitrogens with one attached hydrogen (secondary N) is 2. The molecule has 3 amide bonds. The average molecular weight is 463 g/mol. The Kier molecular flexibility index (Phi) is 6.77. The zero-order valence-electron chi connectivity index (χ0n) is 18.9. The second-order valence-corrected chi connectivity index (χ2v) is 7.88. The number of carbonyl (C=O) groups is 3. The first-order chi connectivity index (χ1) is 16.4. The van der Waals surface area contributed by atoms with Gasteiger partial charge in [0, 0.05) is 13.2 Å². The number of likely N-dealkylation sites (N-methyl/N-ethyl adjacent to an activating group) is 1. The maximum Gasteiger partial charge on any atom is 0.275 e. The van der Waals surface area contributed by atoms with Crippen LogP contribution in [0.3, 0.4) is 0 Å². The molecule has 0 aliphatic carbocycles. The Balaban J connectivity index is 1.25. The van der Waals surface area contributed by atoms with Crippen LogP contribution in [0, 0.1) is 6.92 Å². The topological polar surface area (TPSA) is 115 Å². The molecule has 0 saturated heterocycles. The minimum atomic E-state index is -1.33. The molecule has 1 aliphatic heterocycles. The Bertz CT molecular complexity index is 1190. The van der Waals surface area contributed by atoms with E-state index in [1.54, 1.807) is 36.2 Å². The third-order valence-corrected chi connectivity index (χ3v) is 5.21. The summed E-state index contributed by atoms with van der Waals surface area (Å²) in [6.07, 6.45) is 1.58. The van der Waals surface area contributed by atoms with E-state index in [-0.39, 0.29) is 12.5 Å². The van der Waals surface area contributed by atoms with Crippen LogP contribution in [0.2, 0.25) is 0 Å². The number of nitrogens with zero attached hydrogens (tertiary/aromatic N) is 3. The minimum Gasteiger partial charge on any atom is -0.492 e. The fraction of sp³-hybridized carbons (Fsp3) is 0.250. The van der Waals surface area contributed by atoms with Crippen molar-refractivity contribution in [2.45, 2.75) is 19.6 Å². The molecule has 1 aromatic heterocycles. The molecule has 0 spiro atoms. The molecule has 10 nitrogen and oxygen atoms in total. The predicted molar refractivity (Wildman–Crippen MR) is 125 cm³/mol. The molecule has 0 radical (unpaired) electrons. The fourth-order valence-electron chi connectivity index (χ4n) is 3.27. The molecule has 1 unspecified atom stereocenters. The monoisotopic (exact) mass is 463 g/mol. The number of hydrogen-bond donors (Lipinski definition) is 2. The van der Waals surface area contributed by atoms with Crippen molar-refractivity contribution in [1.29, 1.82) is 0 Å². The number of benzene rings is 2. The molecule has 2 N–H and O–H groups in total. The normalized spacial score (nSPS) is 14.4. The predicted octanol–water partition coefficient (Wildman–Crippen LogP) is 2.07. The van der Waals surface area contributed by atoms with Crippen LogP contribution in [-0.4, -0.2) is 58.7 Å². The number of hydrogen-bond acceptors (Lipinski definition) is 6. The van der Waals surface area contributed by atoms with Crippen molar-refractivity contribution in [3.05, 3.63) is 66.5 Å². The van der Waals surface area contributed by atoms with Gasteiger partial charge in [0.2, 0.25) is 5.91 Å². The average Bonchev–Trinajstić information content (AvgIpc) is 3.26. The van der Waals surface area contributed by atoms with E-state index >= 15 is 0 Å². The van der Waals surface area contributed by atoms with Gasteiger partial charge in [0.15, 0.2) is 0 Å². The summed E-state index contributed by atoms with van der Waals surface area (Å²) in [4.78, 5) is 38.8. The van der Waals surface area contributed by atoms with Crippen LogP contribution in [0.5, 0.6) is 11.5 Å². The quantitative estimate of drug-likeness (QED) is 0.495. The van der Waals surface area contributed by atoms with Crippen LogP contribution in [0.4, 0.5) is 11.4 Å². The maximum absolute atomic E-state index is 12.6. The van der Waals surface area contributed by atoms with Gasteiger partial charge >= 0.3 is 0 Å². The number of ether oxygens (including phenoxy) is 2. The summed E-state index contributed by atoms with van der Waals surface area (Å²) < 4.78 is 12.6. The second kappa shape index (κ2) is 10.1. The molecule has 34 heavy (non-hydrogen) atoms. The molecule has 1 aliphatic rings. The minimum absolute atomic E-state index is 0.00923. The number of fused-ring (bicyclic) bond motifs is 1. The van der Waals surface area contributed by atoms with Gasteiger partial charge in [-0.15, -0.1) is 0 Å². The number of aryl methyl sites for hydroxylation is 1. The summed E-state index contributed by atoms with van der Waals surface area (Å²) in [5.74, 6) is -0.201. The van der Waals surface area contributed by atoms with Crippen LogP contribution in [0.25, 0.3) is 0 Å². The first-order valence-corrected chi connectivity index (χ1v) is 10.7. The van der Waals surface area contributed by atoms with Gasteiger partial charge < -0.3 is 25.0 Å². The second-order valence-electron chi connectivity index (χ2n) is 7.88. The van der Waals surface area contributed by atoms with Crippen LogP contribution < -0.4 is 20.1 Å². The van der Waals surface area contributed by atoms with E-state index in [0.29, 0.717) is 30.3 Å². The summed E-state index contributed by atoms with van der Waals surface area (Å²) in [6, 6.07) is 14.6. The van der Waals surface area contributed by atoms with Gasteiger partial charge in [-0.1, -0.05) is 29.8 Å². The van der Waals surface area contributed by atoms with Crippen LogP contribution in [0.15, 0.2) is 60.9 Å². The van der Waals surface area contributed by atoms with Gasteiger partial charge in [-0.05, 0) is 31.2 Å².